The molecule has 0 saturated carbocycles. The minimum absolute atomic E-state index is 0.160. The Kier molecular flexibility index (Phi) is 2.33. The zero-order valence-corrected chi connectivity index (χ0v) is 7.73. The van der Waals surface area contributed by atoms with Crippen molar-refractivity contribution in [2.45, 2.75) is 26.0 Å². The fourth-order valence-corrected chi connectivity index (χ4v) is 1.65. The molecule has 4 nitrogen and oxygen atoms in total. The second kappa shape index (κ2) is 3.47. The summed E-state index contributed by atoms with van der Waals surface area (Å²) in [6.07, 6.45) is 2.18. The quantitative estimate of drug-likeness (QED) is 0.725. The SMILES string of the molecule is Cc1ocnc1CN1CC[C@@H](O)C1. The number of nitrogens with zero attached hydrogens (tertiary/aromatic N) is 2. The van der Waals surface area contributed by atoms with Crippen molar-refractivity contribution in [2.24, 2.45) is 0 Å². The van der Waals surface area contributed by atoms with Crippen molar-refractivity contribution >= 4 is 0 Å². The third-order valence-corrected chi connectivity index (χ3v) is 2.47. The van der Waals surface area contributed by atoms with Crippen LogP contribution in [0.1, 0.15) is 17.9 Å². The van der Waals surface area contributed by atoms with Gasteiger partial charge < -0.3 is 9.52 Å². The number of oxazole rings is 1. The summed E-state index contributed by atoms with van der Waals surface area (Å²) in [6.45, 7) is 4.41. The fraction of sp³-hybridized carbons (Fsp3) is 0.667. The number of aryl methyl sites for hydroxylation is 1. The standard InChI is InChI=1S/C9H14N2O2/c1-7-9(10-6-13-7)5-11-3-2-8(12)4-11/h6,8,12H,2-5H2,1H3/t8-/m1/s1. The van der Waals surface area contributed by atoms with Crippen LogP contribution in [0.25, 0.3) is 0 Å². The third kappa shape index (κ3) is 1.89. The summed E-state index contributed by atoms with van der Waals surface area (Å²) in [7, 11) is 0. The Morgan fingerprint density at radius 3 is 3.15 bits per heavy atom. The summed E-state index contributed by atoms with van der Waals surface area (Å²) in [4.78, 5) is 6.30. The first kappa shape index (κ1) is 8.72. The minimum atomic E-state index is -0.160. The van der Waals surface area contributed by atoms with Gasteiger partial charge in [-0.3, -0.25) is 4.90 Å². The Labute approximate surface area is 77.2 Å². The first-order valence-electron chi connectivity index (χ1n) is 4.55. The van der Waals surface area contributed by atoms with Crippen LogP contribution in [0.5, 0.6) is 0 Å². The Morgan fingerprint density at radius 1 is 1.77 bits per heavy atom. The second-order valence-corrected chi connectivity index (χ2v) is 3.53. The van der Waals surface area contributed by atoms with Crippen molar-refractivity contribution in [2.75, 3.05) is 13.1 Å². The molecule has 0 bridgehead atoms. The van der Waals surface area contributed by atoms with Crippen molar-refractivity contribution in [1.29, 1.82) is 0 Å². The van der Waals surface area contributed by atoms with Gasteiger partial charge >= 0.3 is 0 Å². The molecule has 2 heterocycles. The van der Waals surface area contributed by atoms with E-state index >= 15 is 0 Å². The van der Waals surface area contributed by atoms with E-state index in [2.05, 4.69) is 9.88 Å². The van der Waals surface area contributed by atoms with Crippen LogP contribution in [-0.2, 0) is 6.54 Å². The van der Waals surface area contributed by atoms with Crippen molar-refractivity contribution in [3.05, 3.63) is 17.8 Å². The van der Waals surface area contributed by atoms with E-state index in [9.17, 15) is 5.11 Å². The molecule has 1 aliphatic heterocycles. The van der Waals surface area contributed by atoms with Crippen LogP contribution in [0.3, 0.4) is 0 Å². The zero-order valence-electron chi connectivity index (χ0n) is 7.73. The average Bonchev–Trinajstić information content (AvgIpc) is 2.64. The molecule has 2 rings (SSSR count). The second-order valence-electron chi connectivity index (χ2n) is 3.53. The summed E-state index contributed by atoms with van der Waals surface area (Å²) >= 11 is 0. The summed E-state index contributed by atoms with van der Waals surface area (Å²) in [5.41, 5.74) is 0.981. The van der Waals surface area contributed by atoms with E-state index in [4.69, 9.17) is 4.42 Å². The fourth-order valence-electron chi connectivity index (χ4n) is 1.65. The molecular weight excluding hydrogens is 168 g/mol. The molecule has 0 unspecified atom stereocenters. The van der Waals surface area contributed by atoms with Crippen LogP contribution in [-0.4, -0.2) is 34.2 Å². The van der Waals surface area contributed by atoms with Crippen LogP contribution >= 0.6 is 0 Å². The summed E-state index contributed by atoms with van der Waals surface area (Å²) in [5.74, 6) is 0.876. The normalized spacial score (nSPS) is 24.0. The Bertz CT molecular complexity index is 285. The van der Waals surface area contributed by atoms with Gasteiger partial charge in [0.05, 0.1) is 11.8 Å². The number of aliphatic hydroxyl groups is 1. The number of aliphatic hydroxyl groups excluding tert-OH is 1. The molecule has 1 aromatic heterocycles. The van der Waals surface area contributed by atoms with Gasteiger partial charge in [-0.1, -0.05) is 0 Å². The Hall–Kier alpha value is -0.870. The van der Waals surface area contributed by atoms with Crippen molar-refractivity contribution in [3.8, 4) is 0 Å². The van der Waals surface area contributed by atoms with E-state index in [0.29, 0.717) is 0 Å². The van der Waals surface area contributed by atoms with Crippen molar-refractivity contribution in [3.63, 3.8) is 0 Å². The number of hydrogen-bond donors (Lipinski definition) is 1. The number of β-amino-alcohol motifs (C(OH)–C–C–N with tert-alkyl or cyclic N) is 1. The number of hydrogen-bond acceptors (Lipinski definition) is 4. The molecule has 4 heteroatoms. The van der Waals surface area contributed by atoms with Gasteiger partial charge in [-0.05, 0) is 13.3 Å². The highest BCUT2D eigenvalue weighted by Crippen LogP contribution is 2.14. The molecule has 1 aliphatic rings. The number of rotatable bonds is 2. The monoisotopic (exact) mass is 182 g/mol. The van der Waals surface area contributed by atoms with E-state index < -0.39 is 0 Å². The summed E-state index contributed by atoms with van der Waals surface area (Å²) < 4.78 is 5.10. The lowest BCUT2D eigenvalue weighted by Gasteiger charge is -2.12. The number of aromatic nitrogens is 1. The maximum atomic E-state index is 9.31. The first-order valence-corrected chi connectivity index (χ1v) is 4.55. The Morgan fingerprint density at radius 2 is 2.62 bits per heavy atom. The molecule has 1 saturated heterocycles. The molecule has 72 valence electrons. The lowest BCUT2D eigenvalue weighted by Crippen LogP contribution is -2.21. The van der Waals surface area contributed by atoms with Crippen molar-refractivity contribution in [1.82, 2.24) is 9.88 Å². The molecule has 0 aliphatic carbocycles. The summed E-state index contributed by atoms with van der Waals surface area (Å²) in [6, 6.07) is 0. The van der Waals surface area contributed by atoms with Gasteiger partial charge in [-0.25, -0.2) is 4.98 Å². The Balaban J connectivity index is 1.95. The molecule has 1 atom stereocenters. The first-order chi connectivity index (χ1) is 6.25. The average molecular weight is 182 g/mol. The predicted octanol–water partition coefficient (Wildman–Crippen LogP) is 0.550. The molecule has 1 N–H and O–H groups in total. The van der Waals surface area contributed by atoms with Crippen molar-refractivity contribution < 1.29 is 9.52 Å². The van der Waals surface area contributed by atoms with Gasteiger partial charge in [-0.2, -0.15) is 0 Å². The smallest absolute Gasteiger partial charge is 0.181 e. The number of likely N-dealkylation sites (tertiary alicyclic amines) is 1. The predicted molar refractivity (Wildman–Crippen MR) is 47.1 cm³/mol. The van der Waals surface area contributed by atoms with E-state index in [-0.39, 0.29) is 6.10 Å². The van der Waals surface area contributed by atoms with Gasteiger partial charge in [0.2, 0.25) is 0 Å². The highest BCUT2D eigenvalue weighted by Gasteiger charge is 2.21. The van der Waals surface area contributed by atoms with E-state index in [1.807, 2.05) is 6.92 Å². The van der Waals surface area contributed by atoms with Gasteiger partial charge in [0, 0.05) is 19.6 Å². The lowest BCUT2D eigenvalue weighted by atomic mass is 10.3. The van der Waals surface area contributed by atoms with E-state index in [0.717, 1.165) is 37.5 Å². The van der Waals surface area contributed by atoms with Gasteiger partial charge in [0.15, 0.2) is 6.39 Å². The summed E-state index contributed by atoms with van der Waals surface area (Å²) in [5, 5.41) is 9.31. The van der Waals surface area contributed by atoms with E-state index in [1.165, 1.54) is 6.39 Å². The largest absolute Gasteiger partial charge is 0.448 e. The topological polar surface area (TPSA) is 49.5 Å². The molecule has 0 amide bonds. The molecule has 0 radical (unpaired) electrons. The van der Waals surface area contributed by atoms with Crippen LogP contribution in [0.4, 0.5) is 0 Å². The molecule has 0 aromatic carbocycles. The molecule has 1 aromatic rings. The highest BCUT2D eigenvalue weighted by molar-refractivity contribution is 5.04. The molecule has 0 spiro atoms. The highest BCUT2D eigenvalue weighted by atomic mass is 16.3. The van der Waals surface area contributed by atoms with E-state index in [1.54, 1.807) is 0 Å². The van der Waals surface area contributed by atoms with Gasteiger partial charge in [-0.15, -0.1) is 0 Å². The lowest BCUT2D eigenvalue weighted by molar-refractivity contribution is 0.174. The van der Waals surface area contributed by atoms with Crippen LogP contribution in [0.15, 0.2) is 10.8 Å². The van der Waals surface area contributed by atoms with Gasteiger partial charge in [0.1, 0.15) is 5.76 Å². The zero-order chi connectivity index (χ0) is 9.26. The maximum absolute atomic E-state index is 9.31. The maximum Gasteiger partial charge on any atom is 0.181 e. The van der Waals surface area contributed by atoms with Crippen LogP contribution in [0.2, 0.25) is 0 Å². The van der Waals surface area contributed by atoms with Crippen LogP contribution in [0, 0.1) is 6.92 Å². The van der Waals surface area contributed by atoms with Gasteiger partial charge in [0.25, 0.3) is 0 Å². The molecule has 1 fully saturated rings. The molecule has 13 heavy (non-hydrogen) atoms. The third-order valence-electron chi connectivity index (χ3n) is 2.47. The minimum Gasteiger partial charge on any atom is -0.448 e. The van der Waals surface area contributed by atoms with Crippen LogP contribution < -0.4 is 0 Å². The molecular formula is C9H14N2O2.